The van der Waals surface area contributed by atoms with E-state index in [1.165, 1.54) is 6.07 Å². The van der Waals surface area contributed by atoms with Gasteiger partial charge in [-0.15, -0.1) is 0 Å². The summed E-state index contributed by atoms with van der Waals surface area (Å²) in [6.45, 7) is 3.77. The molecule has 0 saturated heterocycles. The largest absolute Gasteiger partial charge is 0.399 e. The van der Waals surface area contributed by atoms with Crippen LogP contribution in [0.5, 0.6) is 0 Å². The third-order valence-electron chi connectivity index (χ3n) is 2.60. The summed E-state index contributed by atoms with van der Waals surface area (Å²) in [4.78, 5) is 2.18. The van der Waals surface area contributed by atoms with Crippen molar-refractivity contribution in [3.63, 3.8) is 0 Å². The lowest BCUT2D eigenvalue weighted by atomic mass is 10.2. The summed E-state index contributed by atoms with van der Waals surface area (Å²) < 4.78 is 31.9. The number of nitrogens with zero attached hydrogens (tertiary/aromatic N) is 1. The number of benzene rings is 1. The number of aryl methyl sites for hydroxylation is 1. The molecule has 7 heteroatoms. The van der Waals surface area contributed by atoms with E-state index in [2.05, 4.69) is 4.72 Å². The second kappa shape index (κ2) is 7.58. The summed E-state index contributed by atoms with van der Waals surface area (Å²) in [5.74, 6) is 0. The standard InChI is InChI=1S/C13H23N3O3S/c1-11-8-12(14)10-13(9-11)20(17,18)15-4-6-19-7-5-16(2)3/h8-10,15H,4-7,14H2,1-3H3. The van der Waals surface area contributed by atoms with Gasteiger partial charge in [-0.1, -0.05) is 0 Å². The highest BCUT2D eigenvalue weighted by Crippen LogP contribution is 2.15. The van der Waals surface area contributed by atoms with Crippen LogP contribution in [-0.4, -0.2) is 53.7 Å². The van der Waals surface area contributed by atoms with Crippen molar-refractivity contribution in [3.05, 3.63) is 23.8 Å². The van der Waals surface area contributed by atoms with Crippen LogP contribution in [0, 0.1) is 6.92 Å². The average molecular weight is 301 g/mol. The molecule has 1 aromatic carbocycles. The van der Waals surface area contributed by atoms with Crippen LogP contribution < -0.4 is 10.5 Å². The minimum absolute atomic E-state index is 0.184. The number of hydrogen-bond acceptors (Lipinski definition) is 5. The third kappa shape index (κ3) is 5.87. The molecule has 0 bridgehead atoms. The van der Waals surface area contributed by atoms with Gasteiger partial charge in [-0.2, -0.15) is 0 Å². The molecule has 0 unspecified atom stereocenters. The highest BCUT2D eigenvalue weighted by atomic mass is 32.2. The summed E-state index contributed by atoms with van der Waals surface area (Å²) in [7, 11) is 0.376. The number of ether oxygens (including phenoxy) is 1. The summed E-state index contributed by atoms with van der Waals surface area (Å²) >= 11 is 0. The Morgan fingerprint density at radius 1 is 1.25 bits per heavy atom. The van der Waals surface area contributed by atoms with E-state index in [4.69, 9.17) is 10.5 Å². The lowest BCUT2D eigenvalue weighted by Gasteiger charge is -2.11. The third-order valence-corrected chi connectivity index (χ3v) is 4.05. The van der Waals surface area contributed by atoms with Crippen molar-refractivity contribution in [1.82, 2.24) is 9.62 Å². The Labute approximate surface area is 121 Å². The number of rotatable bonds is 8. The summed E-state index contributed by atoms with van der Waals surface area (Å²) in [6.07, 6.45) is 0. The summed E-state index contributed by atoms with van der Waals surface area (Å²) in [6, 6.07) is 4.76. The van der Waals surface area contributed by atoms with E-state index in [1.807, 2.05) is 19.0 Å². The van der Waals surface area contributed by atoms with E-state index in [0.717, 1.165) is 12.1 Å². The van der Waals surface area contributed by atoms with Crippen molar-refractivity contribution in [2.24, 2.45) is 0 Å². The molecule has 0 fully saturated rings. The van der Waals surface area contributed by atoms with Crippen molar-refractivity contribution in [1.29, 1.82) is 0 Å². The van der Waals surface area contributed by atoms with Gasteiger partial charge < -0.3 is 15.4 Å². The quantitative estimate of drug-likeness (QED) is 0.537. The van der Waals surface area contributed by atoms with Crippen LogP contribution in [-0.2, 0) is 14.8 Å². The van der Waals surface area contributed by atoms with Gasteiger partial charge in [0.1, 0.15) is 0 Å². The summed E-state index contributed by atoms with van der Waals surface area (Å²) in [5, 5.41) is 0. The van der Waals surface area contributed by atoms with Crippen molar-refractivity contribution in [2.75, 3.05) is 46.1 Å². The number of sulfonamides is 1. The van der Waals surface area contributed by atoms with Crippen LogP contribution in [0.15, 0.2) is 23.1 Å². The van der Waals surface area contributed by atoms with Gasteiger partial charge >= 0.3 is 0 Å². The maximum Gasteiger partial charge on any atom is 0.240 e. The lowest BCUT2D eigenvalue weighted by Crippen LogP contribution is -2.28. The molecule has 0 radical (unpaired) electrons. The van der Waals surface area contributed by atoms with Gasteiger partial charge in [0.05, 0.1) is 18.1 Å². The van der Waals surface area contributed by atoms with Crippen LogP contribution in [0.4, 0.5) is 5.69 Å². The van der Waals surface area contributed by atoms with E-state index in [1.54, 1.807) is 19.1 Å². The predicted molar refractivity (Wildman–Crippen MR) is 80.2 cm³/mol. The lowest BCUT2D eigenvalue weighted by molar-refractivity contribution is 0.122. The first kappa shape index (κ1) is 16.9. The molecule has 0 aromatic heterocycles. The van der Waals surface area contributed by atoms with Gasteiger partial charge in [0.25, 0.3) is 0 Å². The van der Waals surface area contributed by atoms with Gasteiger partial charge in [-0.05, 0) is 44.8 Å². The Kier molecular flexibility index (Phi) is 6.41. The molecule has 6 nitrogen and oxygen atoms in total. The molecule has 1 aromatic rings. The van der Waals surface area contributed by atoms with Crippen molar-refractivity contribution < 1.29 is 13.2 Å². The molecule has 114 valence electrons. The average Bonchev–Trinajstić information content (AvgIpc) is 2.32. The van der Waals surface area contributed by atoms with E-state index >= 15 is 0 Å². The fourth-order valence-corrected chi connectivity index (χ4v) is 2.76. The summed E-state index contributed by atoms with van der Waals surface area (Å²) in [5.41, 5.74) is 6.91. The Bertz CT molecular complexity index is 509. The number of nitrogens with two attached hydrogens (primary N) is 1. The molecule has 0 aliphatic rings. The Hall–Kier alpha value is -1.15. The van der Waals surface area contributed by atoms with E-state index in [-0.39, 0.29) is 11.4 Å². The Morgan fingerprint density at radius 3 is 2.55 bits per heavy atom. The fraction of sp³-hybridized carbons (Fsp3) is 0.538. The van der Waals surface area contributed by atoms with Gasteiger partial charge in [0.2, 0.25) is 10.0 Å². The molecule has 0 spiro atoms. The molecule has 3 N–H and O–H groups in total. The van der Waals surface area contributed by atoms with Crippen molar-refractivity contribution in [3.8, 4) is 0 Å². The van der Waals surface area contributed by atoms with E-state index in [0.29, 0.717) is 18.9 Å². The van der Waals surface area contributed by atoms with E-state index in [9.17, 15) is 8.42 Å². The fourth-order valence-electron chi connectivity index (χ4n) is 1.61. The molecule has 20 heavy (non-hydrogen) atoms. The smallest absolute Gasteiger partial charge is 0.240 e. The molecule has 0 aliphatic carbocycles. The molecule has 0 aliphatic heterocycles. The van der Waals surface area contributed by atoms with Crippen molar-refractivity contribution >= 4 is 15.7 Å². The maximum absolute atomic E-state index is 12.0. The van der Waals surface area contributed by atoms with Crippen LogP contribution in [0.2, 0.25) is 0 Å². The molecule has 0 amide bonds. The van der Waals surface area contributed by atoms with Crippen LogP contribution >= 0.6 is 0 Å². The molecular formula is C13H23N3O3S. The monoisotopic (exact) mass is 301 g/mol. The van der Waals surface area contributed by atoms with Gasteiger partial charge in [-0.3, -0.25) is 0 Å². The van der Waals surface area contributed by atoms with Crippen LogP contribution in [0.3, 0.4) is 0 Å². The minimum atomic E-state index is -3.53. The number of hydrogen-bond donors (Lipinski definition) is 2. The van der Waals surface area contributed by atoms with Crippen molar-refractivity contribution in [2.45, 2.75) is 11.8 Å². The van der Waals surface area contributed by atoms with E-state index < -0.39 is 10.0 Å². The molecule has 0 saturated carbocycles. The second-order valence-corrected chi connectivity index (χ2v) is 6.66. The SMILES string of the molecule is Cc1cc(N)cc(S(=O)(=O)NCCOCCN(C)C)c1. The zero-order valence-corrected chi connectivity index (χ0v) is 13.0. The van der Waals surface area contributed by atoms with Gasteiger partial charge in [0.15, 0.2) is 0 Å². The second-order valence-electron chi connectivity index (χ2n) is 4.89. The first-order valence-electron chi connectivity index (χ1n) is 6.40. The maximum atomic E-state index is 12.0. The number of nitrogens with one attached hydrogen (secondary N) is 1. The van der Waals surface area contributed by atoms with Gasteiger partial charge in [-0.25, -0.2) is 13.1 Å². The molecule has 0 atom stereocenters. The zero-order valence-electron chi connectivity index (χ0n) is 12.2. The number of likely N-dealkylation sites (N-methyl/N-ethyl adjacent to an activating group) is 1. The van der Waals surface area contributed by atoms with Gasteiger partial charge in [0, 0.05) is 18.8 Å². The normalized spacial score (nSPS) is 12.0. The predicted octanol–water partition coefficient (Wildman–Crippen LogP) is 0.434. The Morgan fingerprint density at radius 2 is 1.95 bits per heavy atom. The Balaban J connectivity index is 2.46. The highest BCUT2D eigenvalue weighted by Gasteiger charge is 2.14. The van der Waals surface area contributed by atoms with Crippen LogP contribution in [0.25, 0.3) is 0 Å². The first-order valence-corrected chi connectivity index (χ1v) is 7.89. The number of anilines is 1. The first-order chi connectivity index (χ1) is 9.31. The highest BCUT2D eigenvalue weighted by molar-refractivity contribution is 7.89. The molecule has 0 heterocycles. The molecular weight excluding hydrogens is 278 g/mol. The molecule has 1 rings (SSSR count). The minimum Gasteiger partial charge on any atom is -0.399 e. The topological polar surface area (TPSA) is 84.7 Å². The number of nitrogen functional groups attached to an aromatic ring is 1. The zero-order chi connectivity index (χ0) is 15.2. The van der Waals surface area contributed by atoms with Crippen LogP contribution in [0.1, 0.15) is 5.56 Å².